The summed E-state index contributed by atoms with van der Waals surface area (Å²) in [5, 5.41) is 4.64. The van der Waals surface area contributed by atoms with Crippen LogP contribution in [0.3, 0.4) is 0 Å². The van der Waals surface area contributed by atoms with Gasteiger partial charge in [-0.2, -0.15) is 0 Å². The van der Waals surface area contributed by atoms with E-state index in [1.807, 2.05) is 23.5 Å². The molecule has 2 heterocycles. The summed E-state index contributed by atoms with van der Waals surface area (Å²) in [6, 6.07) is 8.40. The Kier molecular flexibility index (Phi) is 4.25. The zero-order valence-corrected chi connectivity index (χ0v) is 11.9. The number of hydrogen-bond acceptors (Lipinski definition) is 5. The first kappa shape index (κ1) is 12.5. The highest BCUT2D eigenvalue weighted by molar-refractivity contribution is 8.16. The number of aliphatic imine (C=N–C) groups is 1. The summed E-state index contributed by atoms with van der Waals surface area (Å²) in [7, 11) is 0. The van der Waals surface area contributed by atoms with Crippen molar-refractivity contribution in [2.45, 2.75) is 4.90 Å². The summed E-state index contributed by atoms with van der Waals surface area (Å²) in [5.41, 5.74) is 1.14. The molecule has 1 aromatic rings. The fraction of sp³-hybridized carbons (Fsp3) is 0.462. The van der Waals surface area contributed by atoms with Gasteiger partial charge in [-0.1, -0.05) is 23.9 Å². The molecule has 1 N–H and O–H groups in total. The number of hydrogen-bond donors (Lipinski definition) is 1. The van der Waals surface area contributed by atoms with E-state index < -0.39 is 0 Å². The van der Waals surface area contributed by atoms with E-state index in [2.05, 4.69) is 34.5 Å². The molecule has 1 saturated heterocycles. The third-order valence-corrected chi connectivity index (χ3v) is 5.40. The monoisotopic (exact) mass is 279 g/mol. The third kappa shape index (κ3) is 3.09. The Morgan fingerprint density at radius 2 is 2.11 bits per heavy atom. The van der Waals surface area contributed by atoms with Gasteiger partial charge in [-0.25, -0.2) is 4.99 Å². The lowest BCUT2D eigenvalue weighted by molar-refractivity contribution is 0.280. The molecular weight excluding hydrogens is 262 g/mol. The topological polar surface area (TPSA) is 27.6 Å². The van der Waals surface area contributed by atoms with Gasteiger partial charge in [-0.05, 0) is 12.1 Å². The first-order valence-electron chi connectivity index (χ1n) is 6.27. The molecule has 0 aromatic heterocycles. The summed E-state index contributed by atoms with van der Waals surface area (Å²) in [6.07, 6.45) is 0. The number of fused-ring (bicyclic) bond motifs is 1. The molecule has 2 aliphatic rings. The van der Waals surface area contributed by atoms with Gasteiger partial charge >= 0.3 is 0 Å². The lowest BCUT2D eigenvalue weighted by atomic mass is 10.3. The van der Waals surface area contributed by atoms with E-state index in [0.29, 0.717) is 0 Å². The van der Waals surface area contributed by atoms with Crippen molar-refractivity contribution >= 4 is 34.3 Å². The van der Waals surface area contributed by atoms with E-state index in [9.17, 15) is 0 Å². The van der Waals surface area contributed by atoms with Crippen LogP contribution >= 0.6 is 23.5 Å². The van der Waals surface area contributed by atoms with Crippen LogP contribution in [0.15, 0.2) is 34.2 Å². The van der Waals surface area contributed by atoms with E-state index in [1.165, 1.54) is 9.94 Å². The van der Waals surface area contributed by atoms with E-state index in [4.69, 9.17) is 4.99 Å². The van der Waals surface area contributed by atoms with Gasteiger partial charge in [0.15, 0.2) is 0 Å². The minimum absolute atomic E-state index is 1.02. The molecule has 1 aromatic carbocycles. The van der Waals surface area contributed by atoms with Gasteiger partial charge in [-0.3, -0.25) is 4.90 Å². The zero-order valence-electron chi connectivity index (χ0n) is 10.3. The van der Waals surface area contributed by atoms with Gasteiger partial charge < -0.3 is 5.32 Å². The van der Waals surface area contributed by atoms with Crippen LogP contribution in [-0.4, -0.2) is 47.8 Å². The van der Waals surface area contributed by atoms with Gasteiger partial charge in [0.1, 0.15) is 0 Å². The van der Waals surface area contributed by atoms with E-state index in [0.717, 1.165) is 43.5 Å². The summed E-state index contributed by atoms with van der Waals surface area (Å²) >= 11 is 3.80. The molecule has 96 valence electrons. The fourth-order valence-electron chi connectivity index (χ4n) is 2.06. The maximum absolute atomic E-state index is 4.75. The first-order chi connectivity index (χ1) is 8.92. The molecule has 2 aliphatic heterocycles. The van der Waals surface area contributed by atoms with Crippen LogP contribution < -0.4 is 5.32 Å². The summed E-state index contributed by atoms with van der Waals surface area (Å²) in [4.78, 5) is 8.55. The molecule has 0 saturated carbocycles. The van der Waals surface area contributed by atoms with Crippen molar-refractivity contribution in [3.05, 3.63) is 24.3 Å². The number of benzene rings is 1. The highest BCUT2D eigenvalue weighted by Gasteiger charge is 2.15. The molecule has 0 radical (unpaired) electrons. The molecular formula is C13H17N3S2. The van der Waals surface area contributed by atoms with Gasteiger partial charge in [0.2, 0.25) is 0 Å². The minimum Gasteiger partial charge on any atom is -0.314 e. The molecule has 0 aliphatic carbocycles. The smallest absolute Gasteiger partial charge is 0.0854 e. The maximum Gasteiger partial charge on any atom is 0.0854 e. The molecule has 1 fully saturated rings. The van der Waals surface area contributed by atoms with Gasteiger partial charge in [-0.15, -0.1) is 11.8 Å². The number of thioether (sulfide) groups is 2. The van der Waals surface area contributed by atoms with Crippen molar-refractivity contribution in [3.8, 4) is 0 Å². The van der Waals surface area contributed by atoms with Crippen molar-refractivity contribution in [2.75, 3.05) is 37.8 Å². The molecule has 3 rings (SSSR count). The maximum atomic E-state index is 4.75. The molecule has 0 spiro atoms. The molecule has 0 amide bonds. The second-order valence-corrected chi connectivity index (χ2v) is 6.44. The van der Waals surface area contributed by atoms with Crippen LogP contribution in [-0.2, 0) is 0 Å². The second-order valence-electron chi connectivity index (χ2n) is 4.40. The van der Waals surface area contributed by atoms with Crippen LogP contribution in [0, 0.1) is 0 Å². The largest absolute Gasteiger partial charge is 0.314 e. The SMILES string of the molecule is c1ccc2c(c1)N=C(SCN1CCNCC1)CS2. The molecule has 0 atom stereocenters. The zero-order chi connectivity index (χ0) is 12.2. The van der Waals surface area contributed by atoms with Crippen molar-refractivity contribution in [3.63, 3.8) is 0 Å². The summed E-state index contributed by atoms with van der Waals surface area (Å²) < 4.78 is 0. The van der Waals surface area contributed by atoms with Gasteiger partial charge in [0, 0.05) is 36.8 Å². The lowest BCUT2D eigenvalue weighted by Crippen LogP contribution is -2.43. The molecule has 0 unspecified atom stereocenters. The summed E-state index contributed by atoms with van der Waals surface area (Å²) in [5.74, 6) is 2.09. The highest BCUT2D eigenvalue weighted by Crippen LogP contribution is 2.35. The Hall–Kier alpha value is -0.490. The Balaban J connectivity index is 1.59. The van der Waals surface area contributed by atoms with Crippen molar-refractivity contribution in [2.24, 2.45) is 4.99 Å². The molecule has 5 heteroatoms. The first-order valence-corrected chi connectivity index (χ1v) is 8.24. The van der Waals surface area contributed by atoms with E-state index >= 15 is 0 Å². The van der Waals surface area contributed by atoms with Crippen LogP contribution in [0.5, 0.6) is 0 Å². The van der Waals surface area contributed by atoms with Crippen molar-refractivity contribution in [1.82, 2.24) is 10.2 Å². The van der Waals surface area contributed by atoms with Crippen molar-refractivity contribution in [1.29, 1.82) is 0 Å². The average molecular weight is 279 g/mol. The average Bonchev–Trinajstić information content (AvgIpc) is 2.46. The van der Waals surface area contributed by atoms with Gasteiger partial charge in [0.25, 0.3) is 0 Å². The number of piperazine rings is 1. The normalized spacial score (nSPS) is 20.3. The number of nitrogens with zero attached hydrogens (tertiary/aromatic N) is 2. The van der Waals surface area contributed by atoms with Crippen LogP contribution in [0.2, 0.25) is 0 Å². The molecule has 3 nitrogen and oxygen atoms in total. The highest BCUT2D eigenvalue weighted by atomic mass is 32.2. The fourth-order valence-corrected chi connectivity index (χ4v) is 4.10. The number of rotatable bonds is 2. The Labute approximate surface area is 116 Å². The summed E-state index contributed by atoms with van der Waals surface area (Å²) in [6.45, 7) is 4.54. The quantitative estimate of drug-likeness (QED) is 0.900. The van der Waals surface area contributed by atoms with Gasteiger partial charge in [0.05, 0.1) is 16.6 Å². The minimum atomic E-state index is 1.02. The van der Waals surface area contributed by atoms with Crippen LogP contribution in [0.4, 0.5) is 5.69 Å². The third-order valence-electron chi connectivity index (χ3n) is 3.08. The second kappa shape index (κ2) is 6.10. The molecule has 0 bridgehead atoms. The Morgan fingerprint density at radius 1 is 1.28 bits per heavy atom. The predicted octanol–water partition coefficient (Wildman–Crippen LogP) is 2.42. The Bertz CT molecular complexity index is 442. The lowest BCUT2D eigenvalue weighted by Gasteiger charge is -2.27. The predicted molar refractivity (Wildman–Crippen MR) is 81.2 cm³/mol. The van der Waals surface area contributed by atoms with Crippen LogP contribution in [0.1, 0.15) is 0 Å². The number of nitrogens with one attached hydrogen (secondary N) is 1. The standard InChI is InChI=1S/C13H17N3S2/c1-2-4-12-11(3-1)15-13(9-17-12)18-10-16-7-5-14-6-8-16/h1-4,14H,5-10H2. The van der Waals surface area contributed by atoms with E-state index in [1.54, 1.807) is 0 Å². The van der Waals surface area contributed by atoms with Crippen LogP contribution in [0.25, 0.3) is 0 Å². The van der Waals surface area contributed by atoms with Crippen molar-refractivity contribution < 1.29 is 0 Å². The van der Waals surface area contributed by atoms with E-state index in [-0.39, 0.29) is 0 Å². The molecule has 18 heavy (non-hydrogen) atoms. The Morgan fingerprint density at radius 3 is 3.00 bits per heavy atom. The number of para-hydroxylation sites is 1.